The van der Waals surface area contributed by atoms with Gasteiger partial charge >= 0.3 is 6.01 Å². The number of terminal acetylenes is 1. The SMILES string of the molecule is C#Cc1c(F)ccc2cc(O)cc(-c3ncc4c(N5CCN(C)C[C@@H](NC(=O)C(=C)F)C5)nc(OCC56CCCN5CCC6)nc4c3F)c12. The number of aromatic hydroxyl groups is 1. The van der Waals surface area contributed by atoms with E-state index in [1.54, 1.807) is 0 Å². The average Bonchev–Trinajstić information content (AvgIpc) is 3.60. The average molecular weight is 672 g/mol. The summed E-state index contributed by atoms with van der Waals surface area (Å²) in [6.07, 6.45) is 11.2. The number of anilines is 1. The molecule has 1 amide bonds. The Morgan fingerprint density at radius 3 is 2.67 bits per heavy atom. The molecule has 0 aliphatic carbocycles. The van der Waals surface area contributed by atoms with Crippen LogP contribution in [0.25, 0.3) is 32.9 Å². The van der Waals surface area contributed by atoms with E-state index < -0.39 is 29.4 Å². The predicted octanol–water partition coefficient (Wildman–Crippen LogP) is 4.54. The number of phenolic OH excluding ortho intramolecular Hbond substituents is 1. The van der Waals surface area contributed by atoms with Crippen LogP contribution in [-0.4, -0.2) is 100 Å². The van der Waals surface area contributed by atoms with E-state index in [1.807, 2.05) is 16.8 Å². The van der Waals surface area contributed by atoms with Crippen molar-refractivity contribution in [3.8, 4) is 35.4 Å². The molecule has 0 spiro atoms. The molecule has 2 aromatic carbocycles. The second kappa shape index (κ2) is 12.8. The quantitative estimate of drug-likeness (QED) is 0.217. The van der Waals surface area contributed by atoms with E-state index in [1.165, 1.54) is 30.5 Å². The summed E-state index contributed by atoms with van der Waals surface area (Å²) in [6, 6.07) is 4.82. The molecule has 0 saturated carbocycles. The van der Waals surface area contributed by atoms with Gasteiger partial charge in [-0.3, -0.25) is 14.7 Å². The maximum Gasteiger partial charge on any atom is 0.319 e. The van der Waals surface area contributed by atoms with Gasteiger partial charge in [-0.2, -0.15) is 9.97 Å². The maximum atomic E-state index is 16.9. The van der Waals surface area contributed by atoms with Crippen LogP contribution in [0.2, 0.25) is 0 Å². The lowest BCUT2D eigenvalue weighted by Gasteiger charge is -2.31. The standard InChI is InChI=1S/C36H36F3N7O3/c1-4-25-28(38)8-7-22-15-24(47)16-26(29(22)25)31-30(39)32-27(17-40-31)33(45-14-13-44(3)18-23(19-45)41-34(48)21(2)37)43-35(42-32)49-20-36-9-5-11-46(36)12-6-10-36/h1,7-8,15-17,23,47H,2,5-6,9-14,18-20H2,3H3,(H,41,48)/t23-/m1/s1. The highest BCUT2D eigenvalue weighted by atomic mass is 19.1. The number of likely N-dealkylation sites (N-methyl/N-ethyl adjacent to an activating group) is 1. The molecule has 3 saturated heterocycles. The summed E-state index contributed by atoms with van der Waals surface area (Å²) < 4.78 is 51.8. The van der Waals surface area contributed by atoms with Crippen molar-refractivity contribution in [2.24, 2.45) is 0 Å². The number of hydrogen-bond acceptors (Lipinski definition) is 9. The zero-order chi connectivity index (χ0) is 34.4. The molecule has 10 nitrogen and oxygen atoms in total. The van der Waals surface area contributed by atoms with Crippen LogP contribution >= 0.6 is 0 Å². The van der Waals surface area contributed by atoms with E-state index in [9.17, 15) is 18.7 Å². The Hall–Kier alpha value is -4.93. The number of aromatic nitrogens is 3. The molecule has 5 heterocycles. The highest BCUT2D eigenvalue weighted by Crippen LogP contribution is 2.41. The molecule has 4 aromatic rings. The van der Waals surface area contributed by atoms with Crippen molar-refractivity contribution in [1.82, 2.24) is 30.1 Å². The second-order valence-electron chi connectivity index (χ2n) is 13.2. The number of hydrogen-bond donors (Lipinski definition) is 2. The fourth-order valence-electron chi connectivity index (χ4n) is 7.65. The molecule has 3 aliphatic rings. The van der Waals surface area contributed by atoms with Gasteiger partial charge in [-0.15, -0.1) is 6.42 Å². The number of nitrogens with zero attached hydrogens (tertiary/aromatic N) is 6. The summed E-state index contributed by atoms with van der Waals surface area (Å²) in [5, 5.41) is 14.2. The van der Waals surface area contributed by atoms with E-state index in [0.717, 1.165) is 38.8 Å². The Bertz CT molecular complexity index is 2020. The molecule has 13 heteroatoms. The molecule has 0 radical (unpaired) electrons. The maximum absolute atomic E-state index is 16.9. The van der Waals surface area contributed by atoms with E-state index in [2.05, 4.69) is 32.7 Å². The van der Waals surface area contributed by atoms with Gasteiger partial charge in [0, 0.05) is 43.3 Å². The van der Waals surface area contributed by atoms with Crippen molar-refractivity contribution in [2.75, 3.05) is 57.8 Å². The van der Waals surface area contributed by atoms with Crippen molar-refractivity contribution in [1.29, 1.82) is 0 Å². The van der Waals surface area contributed by atoms with Crippen LogP contribution < -0.4 is 15.0 Å². The highest BCUT2D eigenvalue weighted by Gasteiger charge is 2.45. The number of rotatable bonds is 7. The minimum atomic E-state index is -1.10. The molecule has 2 aromatic heterocycles. The van der Waals surface area contributed by atoms with Crippen molar-refractivity contribution in [3.05, 3.63) is 60.1 Å². The summed E-state index contributed by atoms with van der Waals surface area (Å²) in [6.45, 7) is 7.08. The fraction of sp³-hybridized carbons (Fsp3) is 0.389. The highest BCUT2D eigenvalue weighted by molar-refractivity contribution is 6.03. The van der Waals surface area contributed by atoms with Crippen molar-refractivity contribution < 1.29 is 27.8 Å². The lowest BCUT2D eigenvalue weighted by molar-refractivity contribution is -0.119. The lowest BCUT2D eigenvalue weighted by atomic mass is 9.95. The van der Waals surface area contributed by atoms with E-state index in [-0.39, 0.29) is 57.0 Å². The van der Waals surface area contributed by atoms with Gasteiger partial charge in [-0.25, -0.2) is 13.2 Å². The Morgan fingerprint density at radius 1 is 1.16 bits per heavy atom. The number of ether oxygens (including phenoxy) is 1. The number of phenols is 1. The molecular formula is C36H36F3N7O3. The first kappa shape index (κ1) is 32.6. The molecule has 3 fully saturated rings. The largest absolute Gasteiger partial charge is 0.508 e. The normalized spacial score (nSPS) is 19.5. The van der Waals surface area contributed by atoms with E-state index >= 15 is 4.39 Å². The van der Waals surface area contributed by atoms with Gasteiger partial charge in [0.1, 0.15) is 35.2 Å². The van der Waals surface area contributed by atoms with Gasteiger partial charge in [0.25, 0.3) is 5.91 Å². The first-order valence-electron chi connectivity index (χ1n) is 16.3. The number of amides is 1. The van der Waals surface area contributed by atoms with E-state index in [4.69, 9.17) is 16.1 Å². The summed E-state index contributed by atoms with van der Waals surface area (Å²) in [7, 11) is 1.88. The number of carbonyl (C=O) groups is 1. The molecule has 3 aliphatic heterocycles. The van der Waals surface area contributed by atoms with Gasteiger partial charge in [-0.1, -0.05) is 18.6 Å². The van der Waals surface area contributed by atoms with Crippen molar-refractivity contribution in [2.45, 2.75) is 37.3 Å². The molecule has 49 heavy (non-hydrogen) atoms. The Labute approximate surface area is 281 Å². The molecular weight excluding hydrogens is 635 g/mol. The number of benzene rings is 2. The number of halogens is 3. The Kier molecular flexibility index (Phi) is 8.54. The van der Waals surface area contributed by atoms with Crippen LogP contribution in [0.3, 0.4) is 0 Å². The van der Waals surface area contributed by atoms with Crippen LogP contribution in [0.5, 0.6) is 11.8 Å². The molecule has 0 bridgehead atoms. The van der Waals surface area contributed by atoms with Crippen molar-refractivity contribution in [3.63, 3.8) is 0 Å². The van der Waals surface area contributed by atoms with Crippen LogP contribution in [0, 0.1) is 24.0 Å². The van der Waals surface area contributed by atoms with E-state index in [0.29, 0.717) is 37.4 Å². The van der Waals surface area contributed by atoms with Gasteiger partial charge in [0.15, 0.2) is 11.6 Å². The number of nitrogens with one attached hydrogen (secondary N) is 1. The third-order valence-corrected chi connectivity index (χ3v) is 9.98. The van der Waals surface area contributed by atoms with Crippen LogP contribution in [0.4, 0.5) is 19.0 Å². The first-order valence-corrected chi connectivity index (χ1v) is 16.3. The summed E-state index contributed by atoms with van der Waals surface area (Å²) >= 11 is 0. The Balaban J connectivity index is 1.37. The minimum absolute atomic E-state index is 0.0295. The summed E-state index contributed by atoms with van der Waals surface area (Å²) in [5.41, 5.74) is -0.406. The molecule has 1 atom stereocenters. The molecule has 7 rings (SSSR count). The number of pyridine rings is 1. The summed E-state index contributed by atoms with van der Waals surface area (Å²) in [5.74, 6) is -1.01. The third kappa shape index (κ3) is 6.00. The predicted molar refractivity (Wildman–Crippen MR) is 180 cm³/mol. The van der Waals surface area contributed by atoms with Crippen LogP contribution in [0.15, 0.2) is 42.9 Å². The molecule has 254 valence electrons. The smallest absolute Gasteiger partial charge is 0.319 e. The topological polar surface area (TPSA) is 107 Å². The van der Waals surface area contributed by atoms with Crippen LogP contribution in [-0.2, 0) is 4.79 Å². The molecule has 0 unspecified atom stereocenters. The fourth-order valence-corrected chi connectivity index (χ4v) is 7.65. The van der Waals surface area contributed by atoms with Gasteiger partial charge in [0.2, 0.25) is 0 Å². The first-order chi connectivity index (χ1) is 23.6. The zero-order valence-corrected chi connectivity index (χ0v) is 27.1. The minimum Gasteiger partial charge on any atom is -0.508 e. The van der Waals surface area contributed by atoms with Gasteiger partial charge in [-0.05, 0) is 69.4 Å². The molecule has 2 N–H and O–H groups in total. The third-order valence-electron chi connectivity index (χ3n) is 9.98. The monoisotopic (exact) mass is 671 g/mol. The number of fused-ring (bicyclic) bond motifs is 3. The van der Waals surface area contributed by atoms with Crippen molar-refractivity contribution >= 4 is 33.4 Å². The summed E-state index contributed by atoms with van der Waals surface area (Å²) in [4.78, 5) is 32.4. The number of carbonyl (C=O) groups excluding carboxylic acids is 1. The second-order valence-corrected chi connectivity index (χ2v) is 13.2. The van der Waals surface area contributed by atoms with Gasteiger partial charge < -0.3 is 25.0 Å². The van der Waals surface area contributed by atoms with Gasteiger partial charge in [0.05, 0.1) is 22.5 Å². The zero-order valence-electron chi connectivity index (χ0n) is 27.1. The lowest BCUT2D eigenvalue weighted by Crippen LogP contribution is -2.46. The van der Waals surface area contributed by atoms with Crippen LogP contribution in [0.1, 0.15) is 31.2 Å². The Morgan fingerprint density at radius 2 is 1.94 bits per heavy atom.